The van der Waals surface area contributed by atoms with Crippen LogP contribution in [0.2, 0.25) is 0 Å². The van der Waals surface area contributed by atoms with Crippen molar-refractivity contribution in [2.75, 3.05) is 13.1 Å². The molecule has 0 spiro atoms. The molecule has 186 valence electrons. The Morgan fingerprint density at radius 2 is 1.54 bits per heavy atom. The molecule has 1 aliphatic heterocycles. The first kappa shape index (κ1) is 26.1. The summed E-state index contributed by atoms with van der Waals surface area (Å²) in [5.41, 5.74) is 2.72. The molecule has 0 radical (unpaired) electrons. The fourth-order valence-electron chi connectivity index (χ4n) is 3.08. The lowest BCUT2D eigenvalue weighted by atomic mass is 9.93. The molecule has 1 aliphatic rings. The van der Waals surface area contributed by atoms with E-state index in [-0.39, 0.29) is 5.41 Å². The highest BCUT2D eigenvalue weighted by atomic mass is 19.4. The number of hydrogen-bond donors (Lipinski definition) is 2. The first-order valence-corrected chi connectivity index (χ1v) is 10.8. The van der Waals surface area contributed by atoms with E-state index < -0.39 is 23.5 Å². The maximum Gasteiger partial charge on any atom is 0.416 e. The number of hydrazone groups is 1. The standard InChI is InChI=1S/C25H24F6N4/c1-23(2)15-32-22(33-16-23)35-34-21(13-7-17-3-9-19(10-4-17)24(26,27)28)14-8-18-5-11-20(12-6-18)25(29,30)31/h3-6,9-12H,7,13,15-16H2,1-2H3,(H2,32,33,35). The van der Waals surface area contributed by atoms with Crippen LogP contribution >= 0.6 is 0 Å². The molecule has 1 heterocycles. The summed E-state index contributed by atoms with van der Waals surface area (Å²) in [5.74, 6) is 6.11. The number of rotatable bonds is 4. The van der Waals surface area contributed by atoms with E-state index in [1.807, 2.05) is 0 Å². The number of nitrogens with zero attached hydrogens (tertiary/aromatic N) is 2. The second-order valence-corrected chi connectivity index (χ2v) is 8.87. The van der Waals surface area contributed by atoms with E-state index >= 15 is 0 Å². The smallest absolute Gasteiger partial charge is 0.354 e. The van der Waals surface area contributed by atoms with Crippen LogP contribution in [0.25, 0.3) is 0 Å². The van der Waals surface area contributed by atoms with Gasteiger partial charge in [-0.2, -0.15) is 31.4 Å². The Morgan fingerprint density at radius 3 is 2.06 bits per heavy atom. The zero-order chi connectivity index (χ0) is 25.7. The van der Waals surface area contributed by atoms with Gasteiger partial charge < -0.3 is 5.32 Å². The highest BCUT2D eigenvalue weighted by Crippen LogP contribution is 2.30. The van der Waals surface area contributed by atoms with E-state index in [9.17, 15) is 26.3 Å². The molecular formula is C25H24F6N4. The van der Waals surface area contributed by atoms with Gasteiger partial charge in [-0.1, -0.05) is 31.9 Å². The normalized spacial score (nSPS) is 16.0. The second-order valence-electron chi connectivity index (χ2n) is 8.87. The van der Waals surface area contributed by atoms with Gasteiger partial charge in [-0.15, -0.1) is 0 Å². The van der Waals surface area contributed by atoms with Crippen molar-refractivity contribution in [2.45, 2.75) is 39.0 Å². The molecule has 0 bridgehead atoms. The van der Waals surface area contributed by atoms with Crippen LogP contribution < -0.4 is 10.7 Å². The van der Waals surface area contributed by atoms with Gasteiger partial charge in [0.1, 0.15) is 5.71 Å². The van der Waals surface area contributed by atoms with Crippen LogP contribution in [0.1, 0.15) is 42.5 Å². The number of nitrogens with one attached hydrogen (secondary N) is 2. The Labute approximate surface area is 199 Å². The summed E-state index contributed by atoms with van der Waals surface area (Å²) in [4.78, 5) is 4.38. The van der Waals surface area contributed by atoms with Crippen molar-refractivity contribution in [3.63, 3.8) is 0 Å². The third kappa shape index (κ3) is 8.05. The largest absolute Gasteiger partial charge is 0.416 e. The number of alkyl halides is 6. The van der Waals surface area contributed by atoms with E-state index in [1.165, 1.54) is 24.3 Å². The monoisotopic (exact) mass is 494 g/mol. The average molecular weight is 494 g/mol. The van der Waals surface area contributed by atoms with Crippen LogP contribution in [0, 0.1) is 17.3 Å². The summed E-state index contributed by atoms with van der Waals surface area (Å²) in [6, 6.07) is 9.25. The minimum absolute atomic E-state index is 0.00266. The summed E-state index contributed by atoms with van der Waals surface area (Å²) in [5, 5.41) is 7.40. The van der Waals surface area contributed by atoms with E-state index in [4.69, 9.17) is 0 Å². The van der Waals surface area contributed by atoms with Gasteiger partial charge in [0.05, 0.1) is 11.1 Å². The predicted molar refractivity (Wildman–Crippen MR) is 123 cm³/mol. The van der Waals surface area contributed by atoms with Crippen LogP contribution in [0.3, 0.4) is 0 Å². The van der Waals surface area contributed by atoms with Gasteiger partial charge in [0.15, 0.2) is 0 Å². The van der Waals surface area contributed by atoms with Gasteiger partial charge in [-0.3, -0.25) is 4.99 Å². The third-order valence-corrected chi connectivity index (χ3v) is 5.19. The zero-order valence-corrected chi connectivity index (χ0v) is 19.1. The maximum atomic E-state index is 12.8. The van der Waals surface area contributed by atoms with E-state index in [0.29, 0.717) is 48.7 Å². The molecule has 3 rings (SSSR count). The molecule has 0 amide bonds. The fraction of sp³-hybridized carbons (Fsp3) is 0.360. The fourth-order valence-corrected chi connectivity index (χ4v) is 3.08. The third-order valence-electron chi connectivity index (χ3n) is 5.19. The van der Waals surface area contributed by atoms with Crippen molar-refractivity contribution in [1.29, 1.82) is 0 Å². The Morgan fingerprint density at radius 1 is 0.971 bits per heavy atom. The van der Waals surface area contributed by atoms with Crippen LogP contribution in [-0.4, -0.2) is 24.8 Å². The number of guanidine groups is 1. The molecule has 0 fully saturated rings. The molecule has 2 aromatic rings. The van der Waals surface area contributed by atoms with Crippen LogP contribution in [0.15, 0.2) is 58.6 Å². The molecule has 2 aromatic carbocycles. The summed E-state index contributed by atoms with van der Waals surface area (Å²) in [7, 11) is 0. The van der Waals surface area contributed by atoms with Crippen LogP contribution in [0.4, 0.5) is 26.3 Å². The molecule has 0 aliphatic carbocycles. The molecular weight excluding hydrogens is 470 g/mol. The highest BCUT2D eigenvalue weighted by Gasteiger charge is 2.30. The quantitative estimate of drug-likeness (QED) is 0.250. The lowest BCUT2D eigenvalue weighted by Crippen LogP contribution is -2.46. The average Bonchev–Trinajstić information content (AvgIpc) is 2.79. The van der Waals surface area contributed by atoms with Crippen LogP contribution in [0.5, 0.6) is 0 Å². The molecule has 0 aromatic heterocycles. The Kier molecular flexibility index (Phi) is 7.78. The van der Waals surface area contributed by atoms with Crippen LogP contribution in [-0.2, 0) is 18.8 Å². The molecule has 4 nitrogen and oxygen atoms in total. The lowest BCUT2D eigenvalue weighted by molar-refractivity contribution is -0.138. The number of hydrogen-bond acceptors (Lipinski definition) is 4. The van der Waals surface area contributed by atoms with Gasteiger partial charge in [-0.05, 0) is 54.3 Å². The second kappa shape index (κ2) is 10.4. The predicted octanol–water partition coefficient (Wildman–Crippen LogP) is 5.64. The SMILES string of the molecule is CC1(C)CN=C(NN=C(C#Cc2ccc(C(F)(F)F)cc2)CCc2ccc(C(F)(F)F)cc2)NC1. The van der Waals surface area contributed by atoms with Crippen molar-refractivity contribution < 1.29 is 26.3 Å². The summed E-state index contributed by atoms with van der Waals surface area (Å²) in [6.07, 6.45) is -8.19. The van der Waals surface area contributed by atoms with Gasteiger partial charge in [0.25, 0.3) is 0 Å². The van der Waals surface area contributed by atoms with E-state index in [2.05, 4.69) is 46.5 Å². The minimum Gasteiger partial charge on any atom is -0.354 e. The lowest BCUT2D eigenvalue weighted by Gasteiger charge is -2.28. The summed E-state index contributed by atoms with van der Waals surface area (Å²) >= 11 is 0. The maximum absolute atomic E-state index is 12.8. The summed E-state index contributed by atoms with van der Waals surface area (Å²) in [6.45, 7) is 5.41. The van der Waals surface area contributed by atoms with Crippen molar-refractivity contribution >= 4 is 11.7 Å². The number of aliphatic imine (C=N–C) groups is 1. The molecule has 0 unspecified atom stereocenters. The first-order chi connectivity index (χ1) is 16.3. The van der Waals surface area contributed by atoms with Crippen molar-refractivity contribution in [3.8, 4) is 11.8 Å². The van der Waals surface area contributed by atoms with Gasteiger partial charge in [-0.25, -0.2) is 5.43 Å². The Balaban J connectivity index is 1.75. The summed E-state index contributed by atoms with van der Waals surface area (Å²) < 4.78 is 76.7. The van der Waals surface area contributed by atoms with Crippen molar-refractivity contribution in [2.24, 2.45) is 15.5 Å². The number of aryl methyl sites for hydroxylation is 1. The van der Waals surface area contributed by atoms with Crippen molar-refractivity contribution in [3.05, 3.63) is 70.8 Å². The highest BCUT2D eigenvalue weighted by molar-refractivity contribution is 6.01. The van der Waals surface area contributed by atoms with Gasteiger partial charge >= 0.3 is 12.4 Å². The van der Waals surface area contributed by atoms with Gasteiger partial charge in [0.2, 0.25) is 5.96 Å². The van der Waals surface area contributed by atoms with E-state index in [1.54, 1.807) is 0 Å². The molecule has 0 saturated carbocycles. The minimum atomic E-state index is -4.44. The zero-order valence-electron chi connectivity index (χ0n) is 19.1. The molecule has 35 heavy (non-hydrogen) atoms. The molecule has 2 N–H and O–H groups in total. The molecule has 0 atom stereocenters. The molecule has 10 heteroatoms. The van der Waals surface area contributed by atoms with Gasteiger partial charge in [0, 0.05) is 30.5 Å². The first-order valence-electron chi connectivity index (χ1n) is 10.8. The van der Waals surface area contributed by atoms with E-state index in [0.717, 1.165) is 24.3 Å². The molecule has 0 saturated heterocycles. The number of halogens is 6. The Hall–Kier alpha value is -3.48. The number of benzene rings is 2. The Bertz CT molecular complexity index is 1130. The van der Waals surface area contributed by atoms with Crippen molar-refractivity contribution in [1.82, 2.24) is 10.7 Å². The topological polar surface area (TPSA) is 48.8 Å².